The van der Waals surface area contributed by atoms with Crippen molar-refractivity contribution in [1.29, 1.82) is 0 Å². The number of fused-ring (bicyclic) bond motifs is 1. The van der Waals surface area contributed by atoms with Gasteiger partial charge in [-0.3, -0.25) is 4.99 Å². The second-order valence-corrected chi connectivity index (χ2v) is 10.6. The number of rotatable bonds is 3. The fourth-order valence-corrected chi connectivity index (χ4v) is 6.63. The summed E-state index contributed by atoms with van der Waals surface area (Å²) in [6, 6.07) is 6.07. The van der Waals surface area contributed by atoms with Crippen molar-refractivity contribution in [2.24, 2.45) is 10.4 Å². The van der Waals surface area contributed by atoms with Crippen molar-refractivity contribution in [1.82, 2.24) is 0 Å². The lowest BCUT2D eigenvalue weighted by atomic mass is 9.94. The smallest absolute Gasteiger partial charge is 0.193 e. The SMILES string of the molecule is COc1cccc2c1P(C(C)(C)C)[C@@H](C(C)(C)C1=NCCO1)O2. The first-order valence-corrected chi connectivity index (χ1v) is 9.48. The Labute approximate surface area is 140 Å². The van der Waals surface area contributed by atoms with E-state index in [-0.39, 0.29) is 16.4 Å². The Morgan fingerprint density at radius 2 is 1.96 bits per heavy atom. The summed E-state index contributed by atoms with van der Waals surface area (Å²) in [7, 11) is 1.13. The number of hydrogen-bond donors (Lipinski definition) is 0. The van der Waals surface area contributed by atoms with Crippen LogP contribution in [-0.4, -0.2) is 37.2 Å². The molecule has 126 valence electrons. The van der Waals surface area contributed by atoms with E-state index in [1.54, 1.807) is 7.11 Å². The van der Waals surface area contributed by atoms with Crippen molar-refractivity contribution < 1.29 is 14.2 Å². The Morgan fingerprint density at radius 1 is 1.22 bits per heavy atom. The zero-order valence-corrected chi connectivity index (χ0v) is 15.7. The lowest BCUT2D eigenvalue weighted by molar-refractivity contribution is 0.175. The van der Waals surface area contributed by atoms with Crippen molar-refractivity contribution in [3.63, 3.8) is 0 Å². The molecule has 4 nitrogen and oxygen atoms in total. The summed E-state index contributed by atoms with van der Waals surface area (Å²) in [5.74, 6) is 2.73. The summed E-state index contributed by atoms with van der Waals surface area (Å²) in [5.41, 5.74) is -0.264. The molecule has 0 amide bonds. The Balaban J connectivity index is 2.09. The van der Waals surface area contributed by atoms with E-state index < -0.39 is 7.92 Å². The van der Waals surface area contributed by atoms with E-state index in [0.717, 1.165) is 23.9 Å². The molecule has 0 spiro atoms. The summed E-state index contributed by atoms with van der Waals surface area (Å²) >= 11 is 0. The highest BCUT2D eigenvalue weighted by Crippen LogP contribution is 2.64. The molecule has 2 aliphatic rings. The molecule has 0 saturated heterocycles. The first kappa shape index (κ1) is 16.6. The van der Waals surface area contributed by atoms with Crippen LogP contribution in [0.2, 0.25) is 0 Å². The minimum atomic E-state index is -0.604. The van der Waals surface area contributed by atoms with Crippen LogP contribution >= 0.6 is 7.92 Å². The molecule has 1 aromatic rings. The average Bonchev–Trinajstić information content (AvgIpc) is 3.13. The Morgan fingerprint density at radius 3 is 2.52 bits per heavy atom. The van der Waals surface area contributed by atoms with Gasteiger partial charge in [-0.2, -0.15) is 0 Å². The van der Waals surface area contributed by atoms with Gasteiger partial charge in [-0.15, -0.1) is 0 Å². The van der Waals surface area contributed by atoms with Gasteiger partial charge >= 0.3 is 0 Å². The third-order valence-corrected chi connectivity index (χ3v) is 7.96. The van der Waals surface area contributed by atoms with Gasteiger partial charge in [0.15, 0.2) is 5.90 Å². The molecule has 0 aliphatic carbocycles. The average molecular weight is 335 g/mol. The van der Waals surface area contributed by atoms with Crippen LogP contribution in [-0.2, 0) is 4.74 Å². The lowest BCUT2D eigenvalue weighted by Crippen LogP contribution is -2.41. The van der Waals surface area contributed by atoms with Crippen LogP contribution in [0, 0.1) is 5.41 Å². The fraction of sp³-hybridized carbons (Fsp3) is 0.611. The first-order valence-electron chi connectivity index (χ1n) is 8.07. The Bertz CT molecular complexity index is 634. The van der Waals surface area contributed by atoms with Gasteiger partial charge in [0.25, 0.3) is 0 Å². The second kappa shape index (κ2) is 5.66. The van der Waals surface area contributed by atoms with Gasteiger partial charge in [-0.05, 0) is 39.1 Å². The maximum atomic E-state index is 6.45. The lowest BCUT2D eigenvalue weighted by Gasteiger charge is -2.39. The van der Waals surface area contributed by atoms with Crippen LogP contribution in [0.5, 0.6) is 11.5 Å². The van der Waals surface area contributed by atoms with E-state index in [1.165, 1.54) is 5.30 Å². The molecule has 0 aromatic heterocycles. The Hall–Kier alpha value is -1.28. The third-order valence-electron chi connectivity index (χ3n) is 4.37. The number of hydrogen-bond acceptors (Lipinski definition) is 4. The quantitative estimate of drug-likeness (QED) is 0.790. The number of nitrogens with zero attached hydrogens (tertiary/aromatic N) is 1. The highest BCUT2D eigenvalue weighted by molar-refractivity contribution is 7.68. The molecule has 3 rings (SSSR count). The zero-order chi connectivity index (χ0) is 16.8. The summed E-state index contributed by atoms with van der Waals surface area (Å²) in [6.07, 6.45) is 0. The number of ether oxygens (including phenoxy) is 3. The van der Waals surface area contributed by atoms with Crippen molar-refractivity contribution in [3.8, 4) is 11.5 Å². The molecular formula is C18H26NO3P. The van der Waals surface area contributed by atoms with E-state index in [0.29, 0.717) is 6.61 Å². The molecule has 1 unspecified atom stereocenters. The molecular weight excluding hydrogens is 309 g/mol. The number of aliphatic imine (C=N–C) groups is 1. The fourth-order valence-electron chi connectivity index (χ4n) is 3.28. The zero-order valence-electron chi connectivity index (χ0n) is 14.8. The number of benzene rings is 1. The van der Waals surface area contributed by atoms with Gasteiger partial charge in [0.1, 0.15) is 24.0 Å². The van der Waals surface area contributed by atoms with Crippen molar-refractivity contribution in [2.75, 3.05) is 20.3 Å². The van der Waals surface area contributed by atoms with Gasteiger partial charge in [0.05, 0.1) is 24.4 Å². The van der Waals surface area contributed by atoms with Crippen LogP contribution in [0.15, 0.2) is 23.2 Å². The topological polar surface area (TPSA) is 40.0 Å². The van der Waals surface area contributed by atoms with Gasteiger partial charge in [0.2, 0.25) is 0 Å². The standard InChI is InChI=1S/C18H26NO3P/c1-17(2,3)23-14-12(20-6)8-7-9-13(14)22-16(23)18(4,5)15-19-10-11-21-15/h7-9,16H,10-11H2,1-6H3/t16-,23?/m0/s1. The van der Waals surface area contributed by atoms with Crippen LogP contribution in [0.4, 0.5) is 0 Å². The largest absolute Gasteiger partial charge is 0.496 e. The maximum Gasteiger partial charge on any atom is 0.193 e. The predicted molar refractivity (Wildman–Crippen MR) is 95.8 cm³/mol. The molecule has 2 heterocycles. The van der Waals surface area contributed by atoms with E-state index >= 15 is 0 Å². The maximum absolute atomic E-state index is 6.45. The molecule has 2 atom stereocenters. The van der Waals surface area contributed by atoms with E-state index in [4.69, 9.17) is 14.2 Å². The molecule has 0 saturated carbocycles. The van der Waals surface area contributed by atoms with Crippen LogP contribution in [0.3, 0.4) is 0 Å². The van der Waals surface area contributed by atoms with Crippen molar-refractivity contribution >= 4 is 19.1 Å². The minimum absolute atomic E-state index is 0.0284. The van der Waals surface area contributed by atoms with E-state index in [1.807, 2.05) is 18.2 Å². The van der Waals surface area contributed by atoms with Gasteiger partial charge in [-0.25, -0.2) is 0 Å². The van der Waals surface area contributed by atoms with Crippen LogP contribution in [0.1, 0.15) is 34.6 Å². The molecule has 0 fully saturated rings. The highest BCUT2D eigenvalue weighted by atomic mass is 31.1. The monoisotopic (exact) mass is 335 g/mol. The van der Waals surface area contributed by atoms with Gasteiger partial charge in [-0.1, -0.05) is 26.8 Å². The predicted octanol–water partition coefficient (Wildman–Crippen LogP) is 3.77. The highest BCUT2D eigenvalue weighted by Gasteiger charge is 2.53. The molecule has 0 bridgehead atoms. The second-order valence-electron chi connectivity index (χ2n) is 7.58. The van der Waals surface area contributed by atoms with Crippen molar-refractivity contribution in [3.05, 3.63) is 18.2 Å². The van der Waals surface area contributed by atoms with Crippen LogP contribution < -0.4 is 14.8 Å². The van der Waals surface area contributed by atoms with Gasteiger partial charge < -0.3 is 14.2 Å². The normalized spacial score (nSPS) is 23.8. The number of methoxy groups -OCH3 is 1. The molecule has 0 N–H and O–H groups in total. The molecule has 1 aromatic carbocycles. The molecule has 23 heavy (non-hydrogen) atoms. The summed E-state index contributed by atoms with van der Waals surface area (Å²) in [6.45, 7) is 12.6. The molecule has 0 radical (unpaired) electrons. The van der Waals surface area contributed by atoms with Crippen molar-refractivity contribution in [2.45, 2.75) is 45.6 Å². The third kappa shape index (κ3) is 2.71. The molecule has 5 heteroatoms. The summed E-state index contributed by atoms with van der Waals surface area (Å²) < 4.78 is 17.9. The Kier molecular flexibility index (Phi) is 4.08. The first-order chi connectivity index (χ1) is 10.8. The van der Waals surface area contributed by atoms with E-state index in [9.17, 15) is 0 Å². The van der Waals surface area contributed by atoms with E-state index in [2.05, 4.69) is 39.6 Å². The van der Waals surface area contributed by atoms with Crippen LogP contribution in [0.25, 0.3) is 0 Å². The van der Waals surface area contributed by atoms with Gasteiger partial charge in [0, 0.05) is 0 Å². The summed E-state index contributed by atoms with van der Waals surface area (Å²) in [5, 5.41) is 1.32. The minimum Gasteiger partial charge on any atom is -0.496 e. The summed E-state index contributed by atoms with van der Waals surface area (Å²) in [4.78, 5) is 4.57. The molecule has 2 aliphatic heterocycles.